The van der Waals surface area contributed by atoms with Gasteiger partial charge in [-0.15, -0.1) is 22.7 Å². The smallest absolute Gasteiger partial charge is 0.365 e. The van der Waals surface area contributed by atoms with Crippen LogP contribution in [0, 0.1) is 5.82 Å². The molecule has 0 amide bonds. The molecular weight excluding hydrogens is 703 g/mol. The summed E-state index contributed by atoms with van der Waals surface area (Å²) < 4.78 is 90.6. The lowest BCUT2D eigenvalue weighted by atomic mass is 10.2. The van der Waals surface area contributed by atoms with Crippen LogP contribution in [0.3, 0.4) is 0 Å². The van der Waals surface area contributed by atoms with Gasteiger partial charge in [0.1, 0.15) is 36.2 Å². The van der Waals surface area contributed by atoms with Gasteiger partial charge in [-0.3, -0.25) is 9.97 Å². The molecule has 7 rings (SSSR count). The van der Waals surface area contributed by atoms with Crippen molar-refractivity contribution in [3.8, 4) is 22.8 Å². The number of fused-ring (bicyclic) bond motifs is 2. The van der Waals surface area contributed by atoms with Gasteiger partial charge in [-0.1, -0.05) is 23.7 Å². The Bertz CT molecular complexity index is 2190. The number of rotatable bonds is 5. The summed E-state index contributed by atoms with van der Waals surface area (Å²) in [5.41, 5.74) is 2.05. The molecule has 0 aliphatic heterocycles. The van der Waals surface area contributed by atoms with E-state index in [-0.39, 0.29) is 49.6 Å². The van der Waals surface area contributed by atoms with Crippen molar-refractivity contribution in [1.29, 1.82) is 0 Å². The Hall–Kier alpha value is -4.80. The molecule has 0 aliphatic rings. The minimum Gasteiger partial charge on any atom is -0.365 e. The number of anilines is 1. The molecule has 0 spiro atoms. The molecule has 6 heterocycles. The summed E-state index contributed by atoms with van der Waals surface area (Å²) in [4.78, 5) is 23.6. The van der Waals surface area contributed by atoms with Crippen LogP contribution in [-0.2, 0) is 18.9 Å². The zero-order valence-electron chi connectivity index (χ0n) is 23.8. The summed E-state index contributed by atoms with van der Waals surface area (Å²) in [5.74, 6) is 0.501. The third-order valence-corrected chi connectivity index (χ3v) is 8.98. The predicted molar refractivity (Wildman–Crippen MR) is 170 cm³/mol. The molecule has 0 bridgehead atoms. The molecule has 48 heavy (non-hydrogen) atoms. The quantitative estimate of drug-likeness (QED) is 0.140. The van der Waals surface area contributed by atoms with Crippen LogP contribution in [0.2, 0.25) is 5.15 Å². The molecule has 0 atom stereocenters. The molecule has 1 N–H and O–H groups in total. The largest absolute Gasteiger partial charge is 0.425 e. The van der Waals surface area contributed by atoms with Crippen molar-refractivity contribution >= 4 is 60.5 Å². The lowest BCUT2D eigenvalue weighted by molar-refractivity contribution is -0.135. The SMILES string of the molecule is FC(F)(F)c1cc2c(Cl)nc(-c3ccncc3)nc2s1.Fc1ccc(CNc2nc(-c3ccncc3)nc3sc(C(F)(F)F)cc23)cc1. The highest BCUT2D eigenvalue weighted by Crippen LogP contribution is 2.41. The monoisotopic (exact) mass is 719 g/mol. The fourth-order valence-electron chi connectivity index (χ4n) is 4.27. The number of benzene rings is 1. The van der Waals surface area contributed by atoms with Crippen molar-refractivity contribution in [2.45, 2.75) is 18.9 Å². The minimum atomic E-state index is -4.46. The standard InChI is InChI=1S/C19H12F4N4S.C12H5ClF3N3S/c20-13-3-1-11(2-4-13)10-25-17-14-9-15(19(21,22)23)28-18(14)27-16(26-17)12-5-7-24-8-6-12;13-9-7-5-8(12(14,15)16)20-11(7)19-10(18-9)6-1-3-17-4-2-6/h1-9H,10H2,(H,25,26,27);1-5H. The van der Waals surface area contributed by atoms with Crippen LogP contribution >= 0.6 is 34.3 Å². The normalized spacial score (nSPS) is 11.8. The van der Waals surface area contributed by atoms with Crippen LogP contribution in [0.1, 0.15) is 15.3 Å². The Morgan fingerprint density at radius 3 is 1.62 bits per heavy atom. The highest BCUT2D eigenvalue weighted by atomic mass is 35.5. The van der Waals surface area contributed by atoms with E-state index in [1.54, 1.807) is 61.2 Å². The van der Waals surface area contributed by atoms with E-state index in [0.29, 0.717) is 39.6 Å². The summed E-state index contributed by atoms with van der Waals surface area (Å²) >= 11 is 7.07. The van der Waals surface area contributed by atoms with Gasteiger partial charge in [-0.2, -0.15) is 26.3 Å². The minimum absolute atomic E-state index is 0.00793. The maximum Gasteiger partial charge on any atom is 0.425 e. The average molecular weight is 720 g/mol. The third kappa shape index (κ3) is 7.50. The molecule has 0 unspecified atom stereocenters. The zero-order chi connectivity index (χ0) is 34.1. The first-order valence-electron chi connectivity index (χ1n) is 13.6. The first-order valence-corrected chi connectivity index (χ1v) is 15.6. The Balaban J connectivity index is 0.000000177. The average Bonchev–Trinajstić information content (AvgIpc) is 3.72. The van der Waals surface area contributed by atoms with Crippen molar-refractivity contribution in [2.75, 3.05) is 5.32 Å². The van der Waals surface area contributed by atoms with Crippen molar-refractivity contribution in [3.05, 3.63) is 112 Å². The molecule has 0 saturated carbocycles. The number of nitrogens with one attached hydrogen (secondary N) is 1. The van der Waals surface area contributed by atoms with E-state index in [1.807, 2.05) is 0 Å². The number of aromatic nitrogens is 6. The zero-order valence-corrected chi connectivity index (χ0v) is 26.2. The molecule has 7 nitrogen and oxygen atoms in total. The summed E-state index contributed by atoms with van der Waals surface area (Å²) in [7, 11) is 0. The molecule has 6 aromatic heterocycles. The van der Waals surface area contributed by atoms with Gasteiger partial charge in [0.15, 0.2) is 11.6 Å². The molecular formula is C31H17ClF7N7S2. The number of pyridine rings is 2. The van der Waals surface area contributed by atoms with Crippen molar-refractivity contribution < 1.29 is 30.7 Å². The second kappa shape index (κ2) is 13.4. The molecule has 0 fully saturated rings. The molecule has 0 saturated heterocycles. The van der Waals surface area contributed by atoms with Gasteiger partial charge in [0.25, 0.3) is 0 Å². The molecule has 7 aromatic rings. The molecule has 0 aliphatic carbocycles. The van der Waals surface area contributed by atoms with Crippen LogP contribution in [0.25, 0.3) is 43.2 Å². The first kappa shape index (κ1) is 33.1. The predicted octanol–water partition coefficient (Wildman–Crippen LogP) is 9.95. The fraction of sp³-hybridized carbons (Fsp3) is 0.0968. The summed E-state index contributed by atoms with van der Waals surface area (Å²) in [5, 5.41) is 3.56. The Morgan fingerprint density at radius 1 is 0.625 bits per heavy atom. The number of alkyl halides is 6. The van der Waals surface area contributed by atoms with E-state index in [0.717, 1.165) is 17.7 Å². The van der Waals surface area contributed by atoms with Crippen LogP contribution in [-0.4, -0.2) is 29.9 Å². The maximum absolute atomic E-state index is 13.2. The summed E-state index contributed by atoms with van der Waals surface area (Å²) in [6.07, 6.45) is -2.66. The van der Waals surface area contributed by atoms with E-state index in [1.165, 1.54) is 12.1 Å². The number of nitrogens with zero attached hydrogens (tertiary/aromatic N) is 6. The van der Waals surface area contributed by atoms with Crippen molar-refractivity contribution in [2.24, 2.45) is 0 Å². The van der Waals surface area contributed by atoms with Gasteiger partial charge in [0.2, 0.25) is 0 Å². The van der Waals surface area contributed by atoms with Gasteiger partial charge in [0, 0.05) is 47.8 Å². The lowest BCUT2D eigenvalue weighted by Gasteiger charge is -2.09. The lowest BCUT2D eigenvalue weighted by Crippen LogP contribution is -2.04. The van der Waals surface area contributed by atoms with Gasteiger partial charge in [-0.25, -0.2) is 24.3 Å². The maximum atomic E-state index is 13.2. The Labute approximate surface area is 279 Å². The van der Waals surface area contributed by atoms with Crippen molar-refractivity contribution in [3.63, 3.8) is 0 Å². The van der Waals surface area contributed by atoms with E-state index >= 15 is 0 Å². The number of halogens is 8. The summed E-state index contributed by atoms with van der Waals surface area (Å²) in [6, 6.07) is 14.5. The van der Waals surface area contributed by atoms with Gasteiger partial charge >= 0.3 is 12.4 Å². The Kier molecular flexibility index (Phi) is 9.22. The van der Waals surface area contributed by atoms with E-state index in [4.69, 9.17) is 11.6 Å². The van der Waals surface area contributed by atoms with Gasteiger partial charge in [0.05, 0.1) is 5.39 Å². The van der Waals surface area contributed by atoms with Gasteiger partial charge < -0.3 is 5.32 Å². The second-order valence-corrected chi connectivity index (χ2v) is 12.3. The van der Waals surface area contributed by atoms with Crippen molar-refractivity contribution in [1.82, 2.24) is 29.9 Å². The first-order chi connectivity index (χ1) is 22.8. The number of hydrogen-bond donors (Lipinski definition) is 1. The molecule has 17 heteroatoms. The van der Waals surface area contributed by atoms with Crippen LogP contribution in [0.15, 0.2) is 85.5 Å². The Morgan fingerprint density at radius 2 is 1.10 bits per heavy atom. The second-order valence-electron chi connectivity index (χ2n) is 9.84. The number of thiophene rings is 2. The highest BCUT2D eigenvalue weighted by Gasteiger charge is 2.34. The van der Waals surface area contributed by atoms with E-state index < -0.39 is 22.1 Å². The fourth-order valence-corrected chi connectivity index (χ4v) is 6.35. The molecule has 244 valence electrons. The van der Waals surface area contributed by atoms with E-state index in [2.05, 4.69) is 35.2 Å². The van der Waals surface area contributed by atoms with Gasteiger partial charge in [-0.05, 0) is 54.1 Å². The number of hydrogen-bond acceptors (Lipinski definition) is 9. The third-order valence-electron chi connectivity index (χ3n) is 6.55. The summed E-state index contributed by atoms with van der Waals surface area (Å²) in [6.45, 7) is 0.277. The molecule has 0 radical (unpaired) electrons. The molecule has 1 aromatic carbocycles. The van der Waals surface area contributed by atoms with E-state index in [9.17, 15) is 30.7 Å². The van der Waals surface area contributed by atoms with Crippen LogP contribution in [0.4, 0.5) is 36.6 Å². The van der Waals surface area contributed by atoms with Crippen LogP contribution in [0.5, 0.6) is 0 Å². The topological polar surface area (TPSA) is 89.4 Å². The highest BCUT2D eigenvalue weighted by molar-refractivity contribution is 7.19. The van der Waals surface area contributed by atoms with Crippen LogP contribution < -0.4 is 5.32 Å².